The van der Waals surface area contributed by atoms with Gasteiger partial charge in [0, 0.05) is 5.56 Å². The molecule has 0 aliphatic rings. The number of primary sulfonamides is 1. The van der Waals surface area contributed by atoms with Gasteiger partial charge in [0.2, 0.25) is 10.0 Å². The zero-order chi connectivity index (χ0) is 21.0. The van der Waals surface area contributed by atoms with Crippen LogP contribution in [-0.4, -0.2) is 27.9 Å². The third-order valence-corrected chi connectivity index (χ3v) is 5.80. The molecule has 29 heavy (non-hydrogen) atoms. The molecule has 0 radical (unpaired) electrons. The summed E-state index contributed by atoms with van der Waals surface area (Å²) in [5.41, 5.74) is 2.00. The molecular weight excluding hydrogens is 386 g/mol. The second kappa shape index (κ2) is 8.73. The Labute approximate surface area is 171 Å². The van der Waals surface area contributed by atoms with Crippen LogP contribution in [-0.2, 0) is 21.4 Å². The molecule has 0 aromatic heterocycles. The van der Waals surface area contributed by atoms with Gasteiger partial charge in [0.25, 0.3) is 5.91 Å². The van der Waals surface area contributed by atoms with Crippen molar-refractivity contribution in [2.45, 2.75) is 24.4 Å². The van der Waals surface area contributed by atoms with Gasteiger partial charge in [-0.25, -0.2) is 13.6 Å². The van der Waals surface area contributed by atoms with Crippen molar-refractivity contribution in [3.8, 4) is 0 Å². The van der Waals surface area contributed by atoms with Gasteiger partial charge in [-0.05, 0) is 41.5 Å². The summed E-state index contributed by atoms with van der Waals surface area (Å²) in [6.07, 6.45) is 0. The first kappa shape index (κ1) is 21.0. The highest BCUT2D eigenvalue weighted by Crippen LogP contribution is 2.16. The Bertz CT molecular complexity index is 1110. The van der Waals surface area contributed by atoms with E-state index in [1.165, 1.54) is 28.5 Å². The maximum absolute atomic E-state index is 12.4. The summed E-state index contributed by atoms with van der Waals surface area (Å²) < 4.78 is 22.7. The van der Waals surface area contributed by atoms with E-state index in [1.54, 1.807) is 12.1 Å². The first-order chi connectivity index (χ1) is 13.7. The molecule has 7 heteroatoms. The molecule has 0 saturated heterocycles. The Hall–Kier alpha value is -2.74. The molecule has 0 aliphatic carbocycles. The number of likely N-dealkylation sites (N-methyl/N-ethyl adjacent to an activating group) is 1. The average molecular weight is 413 g/mol. The Morgan fingerprint density at radius 2 is 1.69 bits per heavy atom. The monoisotopic (exact) mass is 412 g/mol. The minimum atomic E-state index is -3.72. The van der Waals surface area contributed by atoms with Crippen molar-refractivity contribution in [2.75, 3.05) is 13.6 Å². The highest BCUT2D eigenvalue weighted by Gasteiger charge is 2.15. The number of benzene rings is 3. The molecule has 0 bridgehead atoms. The first-order valence-corrected chi connectivity index (χ1v) is 11.0. The zero-order valence-corrected chi connectivity index (χ0v) is 17.4. The first-order valence-electron chi connectivity index (χ1n) is 9.43. The standard InChI is InChI=1S/C22H25N3O3S/c1-16(18-9-11-21(12-10-18)29(23,27)28)24-22(26)15-25(2)14-17-7-8-19-5-3-4-6-20(19)13-17/h3-13,16H,14-15H2,1-2H3,(H,24,26)(H2,23,27,28)/p+1/t16-/m0/s1. The van der Waals surface area contributed by atoms with Crippen molar-refractivity contribution >= 4 is 26.7 Å². The number of hydrogen-bond acceptors (Lipinski definition) is 3. The number of nitrogens with two attached hydrogens (primary N) is 1. The number of hydrogen-bond donors (Lipinski definition) is 3. The summed E-state index contributed by atoms with van der Waals surface area (Å²) >= 11 is 0. The quantitative estimate of drug-likeness (QED) is 0.547. The van der Waals surface area contributed by atoms with Crippen molar-refractivity contribution in [1.82, 2.24) is 5.32 Å². The number of sulfonamides is 1. The molecule has 0 aliphatic heterocycles. The van der Waals surface area contributed by atoms with E-state index in [4.69, 9.17) is 5.14 Å². The van der Waals surface area contributed by atoms with Crippen molar-refractivity contribution < 1.29 is 18.1 Å². The second-order valence-electron chi connectivity index (χ2n) is 7.40. The third-order valence-electron chi connectivity index (χ3n) is 4.87. The van der Waals surface area contributed by atoms with Crippen LogP contribution in [0.4, 0.5) is 0 Å². The molecule has 1 unspecified atom stereocenters. The van der Waals surface area contributed by atoms with Gasteiger partial charge in [-0.1, -0.05) is 48.5 Å². The Kier molecular flexibility index (Phi) is 6.32. The molecule has 0 fully saturated rings. The number of quaternary nitrogens is 1. The Morgan fingerprint density at radius 1 is 1.03 bits per heavy atom. The van der Waals surface area contributed by atoms with Crippen LogP contribution in [0.25, 0.3) is 10.8 Å². The molecule has 0 spiro atoms. The molecule has 0 heterocycles. The van der Waals surface area contributed by atoms with Gasteiger partial charge < -0.3 is 10.2 Å². The zero-order valence-electron chi connectivity index (χ0n) is 16.6. The maximum Gasteiger partial charge on any atom is 0.275 e. The second-order valence-corrected chi connectivity index (χ2v) is 8.96. The van der Waals surface area contributed by atoms with Gasteiger partial charge in [0.1, 0.15) is 6.54 Å². The fourth-order valence-electron chi connectivity index (χ4n) is 3.36. The molecule has 6 nitrogen and oxygen atoms in total. The lowest BCUT2D eigenvalue weighted by Crippen LogP contribution is -3.08. The topological polar surface area (TPSA) is 93.7 Å². The van der Waals surface area contributed by atoms with E-state index < -0.39 is 10.0 Å². The predicted octanol–water partition coefficient (Wildman–Crippen LogP) is 1.38. The largest absolute Gasteiger partial charge is 0.345 e. The van der Waals surface area contributed by atoms with E-state index in [2.05, 4.69) is 35.6 Å². The number of fused-ring (bicyclic) bond motifs is 1. The Balaban J connectivity index is 1.56. The average Bonchev–Trinajstić information content (AvgIpc) is 2.67. The van der Waals surface area contributed by atoms with E-state index in [0.717, 1.165) is 17.0 Å². The number of nitrogens with one attached hydrogen (secondary N) is 2. The van der Waals surface area contributed by atoms with Gasteiger partial charge in [-0.2, -0.15) is 0 Å². The highest BCUT2D eigenvalue weighted by molar-refractivity contribution is 7.89. The van der Waals surface area contributed by atoms with Gasteiger partial charge in [0.05, 0.1) is 18.0 Å². The molecule has 3 aromatic carbocycles. The molecule has 4 N–H and O–H groups in total. The SMILES string of the molecule is C[C@H](NC(=O)C[NH+](C)Cc1ccc2ccccc2c1)c1ccc(S(N)(=O)=O)cc1. The van der Waals surface area contributed by atoms with E-state index in [1.807, 2.05) is 26.1 Å². The summed E-state index contributed by atoms with van der Waals surface area (Å²) in [6.45, 7) is 2.95. The summed E-state index contributed by atoms with van der Waals surface area (Å²) in [4.78, 5) is 13.6. The predicted molar refractivity (Wildman–Crippen MR) is 114 cm³/mol. The highest BCUT2D eigenvalue weighted by atomic mass is 32.2. The van der Waals surface area contributed by atoms with E-state index in [-0.39, 0.29) is 16.8 Å². The molecule has 2 atom stereocenters. The van der Waals surface area contributed by atoms with Crippen LogP contribution in [0.1, 0.15) is 24.1 Å². The minimum absolute atomic E-state index is 0.0549. The molecule has 0 saturated carbocycles. The molecule has 1 amide bonds. The number of carbonyl (C=O) groups is 1. The number of carbonyl (C=O) groups excluding carboxylic acids is 1. The van der Waals surface area contributed by atoms with Crippen LogP contribution in [0.3, 0.4) is 0 Å². The van der Waals surface area contributed by atoms with Crippen LogP contribution < -0.4 is 15.4 Å². The smallest absolute Gasteiger partial charge is 0.275 e. The fourth-order valence-corrected chi connectivity index (χ4v) is 3.87. The van der Waals surface area contributed by atoms with E-state index in [0.29, 0.717) is 6.54 Å². The van der Waals surface area contributed by atoms with Crippen LogP contribution in [0.2, 0.25) is 0 Å². The minimum Gasteiger partial charge on any atom is -0.345 e. The molecule has 3 aromatic rings. The summed E-state index contributed by atoms with van der Waals surface area (Å²) in [5.74, 6) is -0.0636. The number of amides is 1. The van der Waals surface area contributed by atoms with Crippen molar-refractivity contribution in [2.24, 2.45) is 5.14 Å². The third kappa shape index (κ3) is 5.63. The van der Waals surface area contributed by atoms with Crippen LogP contribution in [0.5, 0.6) is 0 Å². The summed E-state index contributed by atoms with van der Waals surface area (Å²) in [7, 11) is -1.73. The van der Waals surface area contributed by atoms with E-state index in [9.17, 15) is 13.2 Å². The Morgan fingerprint density at radius 3 is 2.34 bits per heavy atom. The lowest BCUT2D eigenvalue weighted by molar-refractivity contribution is -0.885. The van der Waals surface area contributed by atoms with Gasteiger partial charge in [0.15, 0.2) is 6.54 Å². The van der Waals surface area contributed by atoms with Crippen molar-refractivity contribution in [3.63, 3.8) is 0 Å². The molecule has 152 valence electrons. The summed E-state index contributed by atoms with van der Waals surface area (Å²) in [5, 5.41) is 10.5. The molecule has 3 rings (SSSR count). The van der Waals surface area contributed by atoms with Crippen LogP contribution in [0, 0.1) is 0 Å². The normalized spacial score (nSPS) is 13.8. The van der Waals surface area contributed by atoms with Crippen LogP contribution in [0.15, 0.2) is 71.6 Å². The maximum atomic E-state index is 12.4. The lowest BCUT2D eigenvalue weighted by atomic mass is 10.1. The van der Waals surface area contributed by atoms with Gasteiger partial charge in [-0.15, -0.1) is 0 Å². The fraction of sp³-hybridized carbons (Fsp3) is 0.227. The van der Waals surface area contributed by atoms with Crippen molar-refractivity contribution in [3.05, 3.63) is 77.9 Å². The van der Waals surface area contributed by atoms with E-state index >= 15 is 0 Å². The summed E-state index contributed by atoms with van der Waals surface area (Å²) in [6, 6.07) is 20.6. The van der Waals surface area contributed by atoms with Gasteiger partial charge >= 0.3 is 0 Å². The molecular formula is C22H26N3O3S+. The lowest BCUT2D eigenvalue weighted by Gasteiger charge is -2.18. The van der Waals surface area contributed by atoms with Gasteiger partial charge in [-0.3, -0.25) is 4.79 Å². The van der Waals surface area contributed by atoms with Crippen LogP contribution >= 0.6 is 0 Å². The number of rotatable bonds is 7. The van der Waals surface area contributed by atoms with Crippen molar-refractivity contribution in [1.29, 1.82) is 0 Å².